The number of carbonyl (C=O) groups excluding carboxylic acids is 4. The predicted molar refractivity (Wildman–Crippen MR) is 358 cm³/mol. The van der Waals surface area contributed by atoms with Crippen molar-refractivity contribution in [1.82, 2.24) is 21.3 Å². The molecule has 0 aromatic heterocycles. The van der Waals surface area contributed by atoms with Crippen LogP contribution in [0.2, 0.25) is 0 Å². The van der Waals surface area contributed by atoms with Crippen LogP contribution in [-0.2, 0) is 37.6 Å². The Bertz CT molecular complexity index is 3070. The summed E-state index contributed by atoms with van der Waals surface area (Å²) in [7, 11) is 0. The van der Waals surface area contributed by atoms with Crippen LogP contribution in [-0.4, -0.2) is 99.4 Å². The number of hydrogen-bond donors (Lipinski definition) is 4. The first-order chi connectivity index (χ1) is 43.0. The zero-order chi connectivity index (χ0) is 66.0. The van der Waals surface area contributed by atoms with E-state index in [1.165, 1.54) is 0 Å². The topological polar surface area (TPSA) is 209 Å². The number of halogens is 2. The number of ether oxygens (including phenoxy) is 10. The predicted octanol–water partition coefficient (Wildman–Crippen LogP) is 15.9. The van der Waals surface area contributed by atoms with Crippen LogP contribution >= 0.6 is 31.9 Å². The lowest BCUT2D eigenvalue weighted by Gasteiger charge is -2.34. The standard InChI is InChI=1S/C71H88Br2N4O14/c1-67(2,3)88-63(78)74-29-13-33-82-55-37-47(38-56(43-55)83-34-14-30-75-64(79)89-68(4,5)6)45-86-53-23-17-49(18-24-53)71(61-41-51(72)21-27-59(61)60-28-22-52(73)42-62(60)71)50-19-25-54(26-20-50)87-46-48-39-57(84-35-15-31-76-65(80)90-69(7,8)9)44-58(40-48)85-36-16-32-77-66(81)91-70(10,11)12/h17-28,37-44H,13-16,29-36,45-46H2,1-12H3,(H,74,78)(H,75,79)(H,76,80)(H,77,81). The van der Waals surface area contributed by atoms with Gasteiger partial charge in [-0.1, -0.05) is 68.3 Å². The fourth-order valence-electron chi connectivity index (χ4n) is 9.82. The average molecular weight is 1380 g/mol. The van der Waals surface area contributed by atoms with E-state index in [0.717, 1.165) is 53.5 Å². The second kappa shape index (κ2) is 31.9. The number of fused-ring (bicyclic) bond motifs is 3. The highest BCUT2D eigenvalue weighted by molar-refractivity contribution is 9.10. The molecule has 4 N–H and O–H groups in total. The lowest BCUT2D eigenvalue weighted by molar-refractivity contribution is 0.0513. The van der Waals surface area contributed by atoms with Gasteiger partial charge in [-0.2, -0.15) is 0 Å². The number of nitrogens with one attached hydrogen (secondary N) is 4. The van der Waals surface area contributed by atoms with Crippen molar-refractivity contribution in [3.63, 3.8) is 0 Å². The SMILES string of the molecule is CC(C)(C)OC(=O)NCCCOc1cc(COc2ccc(C3(c4ccc(OCc5cc(OCCCNC(=O)OC(C)(C)C)cc(OCCCNC(=O)OC(C)(C)C)c5)cc4)c4cc(Br)ccc4-c4ccc(Br)cc43)cc2)cc(OCCCNC(=O)OC(C)(C)C)c1. The summed E-state index contributed by atoms with van der Waals surface area (Å²) in [5.74, 6) is 3.58. The number of amides is 4. The number of hydrogen-bond acceptors (Lipinski definition) is 14. The van der Waals surface area contributed by atoms with Gasteiger partial charge in [-0.25, -0.2) is 19.2 Å². The van der Waals surface area contributed by atoms with Crippen molar-refractivity contribution in [3.05, 3.63) is 164 Å². The Morgan fingerprint density at radius 1 is 0.352 bits per heavy atom. The molecular weight excluding hydrogens is 1290 g/mol. The van der Waals surface area contributed by atoms with Gasteiger partial charge in [-0.15, -0.1) is 0 Å². The second-order valence-electron chi connectivity index (χ2n) is 25.9. The summed E-state index contributed by atoms with van der Waals surface area (Å²) in [6.07, 6.45) is 0.189. The summed E-state index contributed by atoms with van der Waals surface area (Å²) in [4.78, 5) is 49.0. The highest BCUT2D eigenvalue weighted by atomic mass is 79.9. The summed E-state index contributed by atoms with van der Waals surface area (Å²) in [5.41, 5.74) is 4.89. The van der Waals surface area contributed by atoms with E-state index in [4.69, 9.17) is 47.4 Å². The molecule has 0 unspecified atom stereocenters. The summed E-state index contributed by atoms with van der Waals surface area (Å²) in [6, 6.07) is 40.6. The summed E-state index contributed by atoms with van der Waals surface area (Å²) < 4.78 is 61.2. The monoisotopic (exact) mass is 1380 g/mol. The van der Waals surface area contributed by atoms with Gasteiger partial charge in [0.25, 0.3) is 0 Å². The van der Waals surface area contributed by atoms with Crippen molar-refractivity contribution >= 4 is 56.2 Å². The zero-order valence-electron chi connectivity index (χ0n) is 54.4. The molecule has 7 rings (SSSR count). The maximum absolute atomic E-state index is 12.2. The third-order valence-electron chi connectivity index (χ3n) is 13.4. The highest BCUT2D eigenvalue weighted by Crippen LogP contribution is 2.57. The van der Waals surface area contributed by atoms with Crippen LogP contribution in [0.4, 0.5) is 19.2 Å². The van der Waals surface area contributed by atoms with Crippen LogP contribution in [0.5, 0.6) is 34.5 Å². The Balaban J connectivity index is 1.09. The van der Waals surface area contributed by atoms with Gasteiger partial charge in [0.1, 0.15) is 70.1 Å². The number of carbonyl (C=O) groups is 4. The molecule has 0 bridgehead atoms. The molecule has 4 amide bonds. The molecule has 18 nitrogen and oxygen atoms in total. The fourth-order valence-corrected chi connectivity index (χ4v) is 10.5. The van der Waals surface area contributed by atoms with Crippen LogP contribution in [0.1, 0.15) is 142 Å². The van der Waals surface area contributed by atoms with E-state index in [9.17, 15) is 19.2 Å². The fraction of sp³-hybridized carbons (Fsp3) is 0.437. The van der Waals surface area contributed by atoms with Crippen LogP contribution in [0.15, 0.2) is 130 Å². The van der Waals surface area contributed by atoms with Crippen LogP contribution in [0.25, 0.3) is 11.1 Å². The van der Waals surface area contributed by atoms with Gasteiger partial charge in [0.15, 0.2) is 0 Å². The van der Waals surface area contributed by atoms with Crippen LogP contribution in [0.3, 0.4) is 0 Å². The smallest absolute Gasteiger partial charge is 0.407 e. The van der Waals surface area contributed by atoms with Gasteiger partial charge in [0, 0.05) is 47.3 Å². The molecule has 490 valence electrons. The molecule has 0 radical (unpaired) electrons. The molecule has 1 aliphatic carbocycles. The van der Waals surface area contributed by atoms with E-state index in [0.29, 0.717) is 113 Å². The Kier molecular flexibility index (Phi) is 24.8. The number of benzene rings is 6. The van der Waals surface area contributed by atoms with E-state index in [1.807, 2.05) is 144 Å². The molecule has 6 aromatic carbocycles. The van der Waals surface area contributed by atoms with E-state index >= 15 is 0 Å². The van der Waals surface area contributed by atoms with Crippen molar-refractivity contribution in [3.8, 4) is 45.6 Å². The average Bonchev–Trinajstić information content (AvgIpc) is 1.56. The van der Waals surface area contributed by atoms with Gasteiger partial charge in [-0.3, -0.25) is 0 Å². The molecule has 0 fully saturated rings. The minimum Gasteiger partial charge on any atom is -0.493 e. The molecule has 20 heteroatoms. The van der Waals surface area contributed by atoms with Gasteiger partial charge in [0.05, 0.1) is 31.8 Å². The van der Waals surface area contributed by atoms with Crippen molar-refractivity contribution in [2.75, 3.05) is 52.6 Å². The first kappa shape index (κ1) is 70.6. The third-order valence-corrected chi connectivity index (χ3v) is 14.3. The summed E-state index contributed by atoms with van der Waals surface area (Å²) >= 11 is 7.65. The van der Waals surface area contributed by atoms with Gasteiger partial charge in [-0.05, 0) is 226 Å². The van der Waals surface area contributed by atoms with E-state index in [1.54, 1.807) is 0 Å². The normalized spacial score (nSPS) is 12.5. The van der Waals surface area contributed by atoms with E-state index < -0.39 is 52.2 Å². The summed E-state index contributed by atoms with van der Waals surface area (Å²) in [6.45, 7) is 24.9. The Hall–Kier alpha value is -7.84. The first-order valence-corrected chi connectivity index (χ1v) is 32.3. The van der Waals surface area contributed by atoms with Gasteiger partial charge < -0.3 is 68.6 Å². The minimum atomic E-state index is -0.777. The highest BCUT2D eigenvalue weighted by Gasteiger charge is 2.46. The molecule has 0 aliphatic heterocycles. The van der Waals surface area contributed by atoms with Gasteiger partial charge in [0.2, 0.25) is 0 Å². The lowest BCUT2D eigenvalue weighted by Crippen LogP contribution is -2.33. The molecular formula is C71H88Br2N4O14. The molecule has 6 aromatic rings. The van der Waals surface area contributed by atoms with Crippen molar-refractivity contribution in [1.29, 1.82) is 0 Å². The Morgan fingerprint density at radius 2 is 0.626 bits per heavy atom. The summed E-state index contributed by atoms with van der Waals surface area (Å²) in [5, 5.41) is 11.1. The molecule has 0 heterocycles. The Labute approximate surface area is 552 Å². The maximum Gasteiger partial charge on any atom is 0.407 e. The molecule has 0 atom stereocenters. The van der Waals surface area contributed by atoms with Crippen LogP contribution < -0.4 is 49.7 Å². The molecule has 0 saturated carbocycles. The van der Waals surface area contributed by atoms with Crippen molar-refractivity contribution < 1.29 is 66.5 Å². The molecule has 1 aliphatic rings. The number of rotatable bonds is 28. The molecule has 91 heavy (non-hydrogen) atoms. The first-order valence-electron chi connectivity index (χ1n) is 30.7. The lowest BCUT2D eigenvalue weighted by atomic mass is 9.67. The van der Waals surface area contributed by atoms with E-state index in [2.05, 4.69) is 114 Å². The molecule has 0 saturated heterocycles. The second-order valence-corrected chi connectivity index (χ2v) is 27.7. The largest absolute Gasteiger partial charge is 0.493 e. The Morgan fingerprint density at radius 3 is 0.890 bits per heavy atom. The van der Waals surface area contributed by atoms with Gasteiger partial charge >= 0.3 is 24.4 Å². The third kappa shape index (κ3) is 22.8. The maximum atomic E-state index is 12.2. The molecule has 0 spiro atoms. The number of alkyl carbamates (subject to hydrolysis) is 4. The van der Waals surface area contributed by atoms with Crippen molar-refractivity contribution in [2.24, 2.45) is 0 Å². The van der Waals surface area contributed by atoms with Crippen molar-refractivity contribution in [2.45, 2.75) is 150 Å². The quantitative estimate of drug-likeness (QED) is 0.0266. The zero-order valence-corrected chi connectivity index (χ0v) is 57.6. The van der Waals surface area contributed by atoms with E-state index in [-0.39, 0.29) is 13.2 Å². The van der Waals surface area contributed by atoms with Crippen LogP contribution in [0, 0.1) is 0 Å². The minimum absolute atomic E-state index is 0.196.